The molecule has 0 fully saturated rings. The van der Waals surface area contributed by atoms with E-state index in [-0.39, 0.29) is 5.88 Å². The molecular weight excluding hydrogens is 308 g/mol. The van der Waals surface area contributed by atoms with Gasteiger partial charge < -0.3 is 14.1 Å². The molecule has 0 saturated carbocycles. The van der Waals surface area contributed by atoms with E-state index in [1.807, 2.05) is 4.57 Å². The van der Waals surface area contributed by atoms with Crippen LogP contribution in [0.5, 0.6) is 0 Å². The summed E-state index contributed by atoms with van der Waals surface area (Å²) in [5.41, 5.74) is 1.94. The summed E-state index contributed by atoms with van der Waals surface area (Å²) in [6.45, 7) is 0.296. The average molecular weight is 321 g/mol. The number of carbonyl (C=O) groups excluding carboxylic acids is 1. The van der Waals surface area contributed by atoms with Crippen LogP contribution in [0.1, 0.15) is 16.2 Å². The molecule has 0 amide bonds. The molecule has 0 spiro atoms. The number of hydrazone groups is 1. The molecule has 0 unspecified atom stereocenters. The van der Waals surface area contributed by atoms with Gasteiger partial charge >= 0.3 is 5.97 Å². The summed E-state index contributed by atoms with van der Waals surface area (Å²) in [5.74, 6) is 0.486. The Morgan fingerprint density at radius 1 is 1.45 bits per heavy atom. The molecule has 2 aromatic rings. The van der Waals surface area contributed by atoms with Gasteiger partial charge in [-0.15, -0.1) is 21.9 Å². The van der Waals surface area contributed by atoms with Crippen molar-refractivity contribution in [3.8, 4) is 0 Å². The third-order valence-electron chi connectivity index (χ3n) is 3.17. The zero-order valence-electron chi connectivity index (χ0n) is 11.8. The number of nitrogens with zero attached hydrogens (tertiary/aromatic N) is 4. The summed E-state index contributed by atoms with van der Waals surface area (Å²) in [6.07, 6.45) is 4.82. The van der Waals surface area contributed by atoms with Crippen molar-refractivity contribution in [3.63, 3.8) is 0 Å². The van der Waals surface area contributed by atoms with Gasteiger partial charge in [0.1, 0.15) is 12.1 Å². The van der Waals surface area contributed by atoms with E-state index in [9.17, 15) is 4.79 Å². The number of hydroxylamine groups is 1. The largest absolute Gasteiger partial charge is 0.465 e. The lowest BCUT2D eigenvalue weighted by molar-refractivity contribution is -0.128. The van der Waals surface area contributed by atoms with Crippen LogP contribution in [0.25, 0.3) is 11.0 Å². The van der Waals surface area contributed by atoms with E-state index in [0.717, 1.165) is 11.0 Å². The fourth-order valence-electron chi connectivity index (χ4n) is 2.15. The standard InChI is InChI=1S/C14H13ClN4O3/c1-21-14(20)10-3-4-11-12(7-10)18(13(8-15)17-11)9-19-16-5-2-6-22-19/h2-7H,8-9H2,1H3. The molecule has 7 nitrogen and oxygen atoms in total. The number of halogens is 1. The van der Waals surface area contributed by atoms with Crippen molar-refractivity contribution in [1.82, 2.24) is 14.7 Å². The zero-order valence-corrected chi connectivity index (χ0v) is 12.5. The van der Waals surface area contributed by atoms with Gasteiger partial charge in [-0.25, -0.2) is 9.78 Å². The Hall–Kier alpha value is -2.54. The number of allylic oxidation sites excluding steroid dienone is 1. The third kappa shape index (κ3) is 2.62. The number of imidazole rings is 1. The molecule has 0 saturated heterocycles. The van der Waals surface area contributed by atoms with Gasteiger partial charge in [0.25, 0.3) is 0 Å². The summed E-state index contributed by atoms with van der Waals surface area (Å²) in [4.78, 5) is 21.4. The van der Waals surface area contributed by atoms with Crippen molar-refractivity contribution < 1.29 is 14.4 Å². The van der Waals surface area contributed by atoms with E-state index in [2.05, 4.69) is 10.1 Å². The van der Waals surface area contributed by atoms with Crippen molar-refractivity contribution in [2.24, 2.45) is 5.10 Å². The van der Waals surface area contributed by atoms with Crippen molar-refractivity contribution in [3.05, 3.63) is 41.9 Å². The Morgan fingerprint density at radius 3 is 3.00 bits per heavy atom. The second-order valence-corrected chi connectivity index (χ2v) is 4.74. The first kappa shape index (κ1) is 14.4. The quantitative estimate of drug-likeness (QED) is 0.638. The Labute approximate surface area is 131 Å². The smallest absolute Gasteiger partial charge is 0.337 e. The van der Waals surface area contributed by atoms with Gasteiger partial charge in [-0.2, -0.15) is 0 Å². The predicted octanol–water partition coefficient (Wildman–Crippen LogP) is 2.27. The molecule has 22 heavy (non-hydrogen) atoms. The maximum absolute atomic E-state index is 11.7. The first-order valence-electron chi connectivity index (χ1n) is 6.50. The maximum Gasteiger partial charge on any atom is 0.337 e. The number of fused-ring (bicyclic) bond motifs is 1. The fraction of sp³-hybridized carbons (Fsp3) is 0.214. The molecular formula is C14H13ClN4O3. The van der Waals surface area contributed by atoms with E-state index in [4.69, 9.17) is 21.2 Å². The highest BCUT2D eigenvalue weighted by molar-refractivity contribution is 6.16. The van der Waals surface area contributed by atoms with Crippen molar-refractivity contribution in [2.45, 2.75) is 12.5 Å². The number of alkyl halides is 1. The lowest BCUT2D eigenvalue weighted by Gasteiger charge is -2.20. The third-order valence-corrected chi connectivity index (χ3v) is 3.41. The summed E-state index contributed by atoms with van der Waals surface area (Å²) in [7, 11) is 1.34. The van der Waals surface area contributed by atoms with Crippen LogP contribution in [0.15, 0.2) is 35.6 Å². The number of carbonyl (C=O) groups is 1. The van der Waals surface area contributed by atoms with Gasteiger partial charge in [0.2, 0.25) is 0 Å². The number of aromatic nitrogens is 2. The summed E-state index contributed by atoms with van der Waals surface area (Å²) >= 11 is 5.96. The van der Waals surface area contributed by atoms with Crippen LogP contribution in [-0.2, 0) is 22.1 Å². The Bertz CT molecular complexity index is 769. The van der Waals surface area contributed by atoms with Crippen LogP contribution in [0, 0.1) is 0 Å². The van der Waals surface area contributed by atoms with Crippen molar-refractivity contribution in [2.75, 3.05) is 7.11 Å². The van der Waals surface area contributed by atoms with Crippen LogP contribution < -0.4 is 0 Å². The van der Waals surface area contributed by atoms with E-state index >= 15 is 0 Å². The molecule has 1 aliphatic rings. The maximum atomic E-state index is 11.7. The summed E-state index contributed by atoms with van der Waals surface area (Å²) in [6, 6.07) is 5.14. The van der Waals surface area contributed by atoms with E-state index < -0.39 is 5.97 Å². The first-order valence-corrected chi connectivity index (χ1v) is 7.03. The second kappa shape index (κ2) is 6.07. The lowest BCUT2D eigenvalue weighted by atomic mass is 10.2. The Kier molecular flexibility index (Phi) is 3.97. The number of rotatable bonds is 4. The number of hydrogen-bond acceptors (Lipinski definition) is 6. The van der Waals surface area contributed by atoms with Crippen LogP contribution in [0.2, 0.25) is 0 Å². The monoisotopic (exact) mass is 320 g/mol. The molecule has 114 valence electrons. The van der Waals surface area contributed by atoms with Crippen LogP contribution in [-0.4, -0.2) is 34.0 Å². The minimum atomic E-state index is -0.405. The number of esters is 1. The molecule has 0 bridgehead atoms. The lowest BCUT2D eigenvalue weighted by Crippen LogP contribution is -2.22. The fourth-order valence-corrected chi connectivity index (χ4v) is 2.35. The first-order chi connectivity index (χ1) is 10.7. The average Bonchev–Trinajstić information content (AvgIpc) is 2.92. The number of hydrogen-bond donors (Lipinski definition) is 0. The molecule has 0 atom stereocenters. The zero-order chi connectivity index (χ0) is 15.5. The minimum absolute atomic E-state index is 0.232. The highest BCUT2D eigenvalue weighted by atomic mass is 35.5. The molecule has 0 aliphatic carbocycles. The SMILES string of the molecule is COC(=O)c1ccc2nc(CCl)n(CN3N=CC=CO3)c2c1. The molecule has 2 heterocycles. The molecule has 3 rings (SSSR count). The van der Waals surface area contributed by atoms with Crippen molar-refractivity contribution >= 4 is 34.8 Å². The van der Waals surface area contributed by atoms with Gasteiger partial charge in [0.05, 0.1) is 35.8 Å². The molecule has 1 aromatic heterocycles. The molecule has 0 radical (unpaired) electrons. The number of methoxy groups -OCH3 is 1. The molecule has 0 N–H and O–H groups in total. The number of ether oxygens (including phenoxy) is 1. The van der Waals surface area contributed by atoms with Gasteiger partial charge in [-0.1, -0.05) is 0 Å². The van der Waals surface area contributed by atoms with E-state index in [0.29, 0.717) is 18.1 Å². The molecule has 1 aromatic carbocycles. The topological polar surface area (TPSA) is 69.0 Å². The summed E-state index contributed by atoms with van der Waals surface area (Å²) in [5, 5.41) is 5.47. The second-order valence-electron chi connectivity index (χ2n) is 4.48. The van der Waals surface area contributed by atoms with Gasteiger partial charge in [-0.3, -0.25) is 0 Å². The van der Waals surface area contributed by atoms with Gasteiger partial charge in [-0.05, 0) is 24.3 Å². The van der Waals surface area contributed by atoms with E-state index in [1.54, 1.807) is 30.5 Å². The van der Waals surface area contributed by atoms with Gasteiger partial charge in [0, 0.05) is 0 Å². The highest BCUT2D eigenvalue weighted by Crippen LogP contribution is 2.21. The van der Waals surface area contributed by atoms with Crippen LogP contribution in [0.4, 0.5) is 0 Å². The summed E-state index contributed by atoms with van der Waals surface area (Å²) < 4.78 is 6.58. The van der Waals surface area contributed by atoms with Gasteiger partial charge in [0.15, 0.2) is 6.67 Å². The van der Waals surface area contributed by atoms with Crippen LogP contribution in [0.3, 0.4) is 0 Å². The van der Waals surface area contributed by atoms with Crippen molar-refractivity contribution in [1.29, 1.82) is 0 Å². The predicted molar refractivity (Wildman–Crippen MR) is 81.2 cm³/mol. The normalized spacial score (nSPS) is 13.5. The highest BCUT2D eigenvalue weighted by Gasteiger charge is 2.16. The minimum Gasteiger partial charge on any atom is -0.465 e. The van der Waals surface area contributed by atoms with Crippen LogP contribution >= 0.6 is 11.6 Å². The Morgan fingerprint density at radius 2 is 2.32 bits per heavy atom. The van der Waals surface area contributed by atoms with E-state index in [1.165, 1.54) is 18.5 Å². The number of benzene rings is 1. The Balaban J connectivity index is 2.03. The molecule has 8 heteroatoms. The molecule has 1 aliphatic heterocycles.